The monoisotopic (exact) mass is 266 g/mol. The van der Waals surface area contributed by atoms with Crippen LogP contribution < -0.4 is 4.74 Å². The SMILES string of the molecule is COc1cc(C(=O)CCC2CCCC2)ccc1Cl. The van der Waals surface area contributed by atoms with Crippen molar-refractivity contribution in [2.45, 2.75) is 38.5 Å². The van der Waals surface area contributed by atoms with Crippen molar-refractivity contribution >= 4 is 17.4 Å². The summed E-state index contributed by atoms with van der Waals surface area (Å²) in [5.41, 5.74) is 0.703. The number of benzene rings is 1. The Kier molecular flexibility index (Phi) is 4.65. The summed E-state index contributed by atoms with van der Waals surface area (Å²) < 4.78 is 5.13. The second-order valence-corrected chi connectivity index (χ2v) is 5.37. The third kappa shape index (κ3) is 3.26. The van der Waals surface area contributed by atoms with Crippen molar-refractivity contribution in [3.05, 3.63) is 28.8 Å². The van der Waals surface area contributed by atoms with Gasteiger partial charge in [0.2, 0.25) is 0 Å². The van der Waals surface area contributed by atoms with E-state index in [4.69, 9.17) is 16.3 Å². The van der Waals surface area contributed by atoms with Gasteiger partial charge in [0, 0.05) is 12.0 Å². The Bertz CT molecular complexity index is 423. The number of Topliss-reactive ketones (excluding diaryl/α,β-unsaturated/α-hetero) is 1. The molecule has 1 aromatic carbocycles. The average Bonchev–Trinajstić information content (AvgIpc) is 2.89. The Labute approximate surface area is 113 Å². The van der Waals surface area contributed by atoms with E-state index < -0.39 is 0 Å². The lowest BCUT2D eigenvalue weighted by molar-refractivity contribution is 0.0973. The van der Waals surface area contributed by atoms with Crippen LogP contribution in [0.25, 0.3) is 0 Å². The Balaban J connectivity index is 1.95. The lowest BCUT2D eigenvalue weighted by atomic mass is 9.97. The van der Waals surface area contributed by atoms with Gasteiger partial charge in [-0.25, -0.2) is 0 Å². The van der Waals surface area contributed by atoms with E-state index in [1.54, 1.807) is 25.3 Å². The van der Waals surface area contributed by atoms with Crippen molar-refractivity contribution in [3.8, 4) is 5.75 Å². The van der Waals surface area contributed by atoms with Crippen LogP contribution in [0.5, 0.6) is 5.75 Å². The maximum absolute atomic E-state index is 12.1. The van der Waals surface area contributed by atoms with Crippen molar-refractivity contribution in [3.63, 3.8) is 0 Å². The number of ketones is 1. The van der Waals surface area contributed by atoms with E-state index in [0.29, 0.717) is 22.8 Å². The van der Waals surface area contributed by atoms with Gasteiger partial charge >= 0.3 is 0 Å². The van der Waals surface area contributed by atoms with Gasteiger partial charge in [0.25, 0.3) is 0 Å². The highest BCUT2D eigenvalue weighted by Crippen LogP contribution is 2.30. The van der Waals surface area contributed by atoms with Crippen LogP contribution in [0.1, 0.15) is 48.9 Å². The van der Waals surface area contributed by atoms with E-state index in [1.807, 2.05) is 0 Å². The molecule has 0 heterocycles. The number of rotatable bonds is 5. The number of halogens is 1. The molecule has 1 aliphatic carbocycles. The van der Waals surface area contributed by atoms with Crippen molar-refractivity contribution in [2.75, 3.05) is 7.11 Å². The Hall–Kier alpha value is -1.02. The maximum Gasteiger partial charge on any atom is 0.163 e. The number of hydrogen-bond donors (Lipinski definition) is 0. The third-order valence-electron chi connectivity index (χ3n) is 3.73. The van der Waals surface area contributed by atoms with Gasteiger partial charge in [0.05, 0.1) is 12.1 Å². The van der Waals surface area contributed by atoms with Crippen LogP contribution in [0.2, 0.25) is 5.02 Å². The molecule has 0 unspecified atom stereocenters. The van der Waals surface area contributed by atoms with E-state index in [0.717, 1.165) is 12.3 Å². The molecular weight excluding hydrogens is 248 g/mol. The highest BCUT2D eigenvalue weighted by atomic mass is 35.5. The molecule has 18 heavy (non-hydrogen) atoms. The normalized spacial score (nSPS) is 15.9. The zero-order valence-corrected chi connectivity index (χ0v) is 11.5. The maximum atomic E-state index is 12.1. The minimum atomic E-state index is 0.192. The van der Waals surface area contributed by atoms with Crippen LogP contribution in [0.15, 0.2) is 18.2 Å². The Morgan fingerprint density at radius 1 is 1.39 bits per heavy atom. The molecular formula is C15H19ClO2. The molecule has 0 spiro atoms. The highest BCUT2D eigenvalue weighted by Gasteiger charge is 2.17. The van der Waals surface area contributed by atoms with E-state index >= 15 is 0 Å². The van der Waals surface area contributed by atoms with Gasteiger partial charge in [-0.2, -0.15) is 0 Å². The molecule has 1 aliphatic rings. The molecule has 2 rings (SSSR count). The largest absolute Gasteiger partial charge is 0.495 e. The molecule has 0 radical (unpaired) electrons. The molecule has 1 fully saturated rings. The predicted octanol–water partition coefficient (Wildman–Crippen LogP) is 4.50. The zero-order valence-electron chi connectivity index (χ0n) is 10.7. The van der Waals surface area contributed by atoms with Crippen LogP contribution in [0.3, 0.4) is 0 Å². The second kappa shape index (κ2) is 6.24. The molecule has 1 saturated carbocycles. The molecule has 0 aromatic heterocycles. The summed E-state index contributed by atoms with van der Waals surface area (Å²) >= 11 is 5.95. The van der Waals surface area contributed by atoms with Crippen molar-refractivity contribution in [1.82, 2.24) is 0 Å². The molecule has 2 nitrogen and oxygen atoms in total. The van der Waals surface area contributed by atoms with Crippen molar-refractivity contribution in [1.29, 1.82) is 0 Å². The van der Waals surface area contributed by atoms with Crippen LogP contribution in [-0.2, 0) is 0 Å². The molecule has 0 N–H and O–H groups in total. The molecule has 0 aliphatic heterocycles. The lowest BCUT2D eigenvalue weighted by Crippen LogP contribution is -2.03. The lowest BCUT2D eigenvalue weighted by Gasteiger charge is -2.09. The van der Waals surface area contributed by atoms with Gasteiger partial charge in [-0.1, -0.05) is 37.3 Å². The number of carbonyl (C=O) groups is 1. The van der Waals surface area contributed by atoms with Gasteiger partial charge in [-0.3, -0.25) is 4.79 Å². The summed E-state index contributed by atoms with van der Waals surface area (Å²) in [6.07, 6.45) is 6.88. The smallest absolute Gasteiger partial charge is 0.163 e. The van der Waals surface area contributed by atoms with Crippen LogP contribution in [0.4, 0.5) is 0 Å². The number of hydrogen-bond acceptors (Lipinski definition) is 2. The fourth-order valence-electron chi connectivity index (χ4n) is 2.61. The zero-order chi connectivity index (χ0) is 13.0. The van der Waals surface area contributed by atoms with Gasteiger partial charge in [0.15, 0.2) is 5.78 Å². The third-order valence-corrected chi connectivity index (χ3v) is 4.04. The van der Waals surface area contributed by atoms with E-state index in [1.165, 1.54) is 25.7 Å². The van der Waals surface area contributed by atoms with Gasteiger partial charge in [0.1, 0.15) is 5.75 Å². The van der Waals surface area contributed by atoms with Crippen LogP contribution >= 0.6 is 11.6 Å². The summed E-state index contributed by atoms with van der Waals surface area (Å²) in [6, 6.07) is 5.24. The summed E-state index contributed by atoms with van der Waals surface area (Å²) in [4.78, 5) is 12.1. The molecule has 3 heteroatoms. The molecule has 0 atom stereocenters. The average molecular weight is 267 g/mol. The first-order valence-electron chi connectivity index (χ1n) is 6.57. The first-order chi connectivity index (χ1) is 8.70. The van der Waals surface area contributed by atoms with Crippen LogP contribution in [0, 0.1) is 5.92 Å². The molecule has 0 amide bonds. The predicted molar refractivity (Wildman–Crippen MR) is 73.5 cm³/mol. The summed E-state index contributed by atoms with van der Waals surface area (Å²) in [6.45, 7) is 0. The quantitative estimate of drug-likeness (QED) is 0.734. The molecule has 0 saturated heterocycles. The minimum absolute atomic E-state index is 0.192. The number of ether oxygens (including phenoxy) is 1. The van der Waals surface area contributed by atoms with Gasteiger partial charge in [-0.05, 0) is 30.5 Å². The fraction of sp³-hybridized carbons (Fsp3) is 0.533. The highest BCUT2D eigenvalue weighted by molar-refractivity contribution is 6.32. The number of carbonyl (C=O) groups excluding carboxylic acids is 1. The van der Waals surface area contributed by atoms with E-state index in [9.17, 15) is 4.79 Å². The summed E-state index contributed by atoms with van der Waals surface area (Å²) in [5.74, 6) is 1.52. The molecule has 0 bridgehead atoms. The van der Waals surface area contributed by atoms with E-state index in [-0.39, 0.29) is 5.78 Å². The van der Waals surface area contributed by atoms with Crippen molar-refractivity contribution < 1.29 is 9.53 Å². The second-order valence-electron chi connectivity index (χ2n) is 4.96. The fourth-order valence-corrected chi connectivity index (χ4v) is 2.81. The first-order valence-corrected chi connectivity index (χ1v) is 6.95. The van der Waals surface area contributed by atoms with E-state index in [2.05, 4.69) is 0 Å². The summed E-state index contributed by atoms with van der Waals surface area (Å²) in [5, 5.41) is 0.546. The number of methoxy groups -OCH3 is 1. The van der Waals surface area contributed by atoms with Crippen molar-refractivity contribution in [2.24, 2.45) is 5.92 Å². The van der Waals surface area contributed by atoms with Crippen LogP contribution in [-0.4, -0.2) is 12.9 Å². The Morgan fingerprint density at radius 3 is 2.78 bits per heavy atom. The first kappa shape index (κ1) is 13.4. The molecule has 1 aromatic rings. The standard InChI is InChI=1S/C15H19ClO2/c1-18-15-10-12(7-8-13(15)16)14(17)9-6-11-4-2-3-5-11/h7-8,10-11H,2-6,9H2,1H3. The minimum Gasteiger partial charge on any atom is -0.495 e. The topological polar surface area (TPSA) is 26.3 Å². The molecule has 98 valence electrons. The summed E-state index contributed by atoms with van der Waals surface area (Å²) in [7, 11) is 1.56. The Morgan fingerprint density at radius 2 is 2.11 bits per heavy atom. The van der Waals surface area contributed by atoms with Gasteiger partial charge in [-0.15, -0.1) is 0 Å². The van der Waals surface area contributed by atoms with Gasteiger partial charge < -0.3 is 4.74 Å².